The standard InChI is InChI=1S/C35H62N2O2Si2.C20H28N2O2.C13H32OSi2.3CH4/c1-7-8-9-10-11-12-15-18-25-38-33-23-21-32(22-24-33)35-36-30-34(31-37-35)39-26-19-16-13-14-17-20-27-41(5,6)29-28-40(2,3)4;1-2-3-4-5-6-7-8-9-14-24-19-12-10-17(11-13-19)20-21-15-18(23)16-22-20;1-15(2,3)12-13-16(4,5)11-9-7-6-8-10-14;;;/h21-24,30-31H,7-20,25-29H2,1-6H3;10-13,15-16,23H,2-9,14H2,1H3;14H,6-13H2,1-5H3;3*1H4. The molecule has 0 radical (unpaired) electrons. The summed E-state index contributed by atoms with van der Waals surface area (Å²) in [6, 6.07) is 25.0. The fourth-order valence-electron chi connectivity index (χ4n) is 9.61. The summed E-state index contributed by atoms with van der Waals surface area (Å²) in [5, 5.41) is 17.9. The zero-order chi connectivity index (χ0) is 59.5. The number of aliphatic hydroxyl groups is 1. The van der Waals surface area contributed by atoms with Crippen LogP contribution in [0.15, 0.2) is 73.3 Å². The minimum Gasteiger partial charge on any atom is -0.505 e. The second kappa shape index (κ2) is 49.6. The molecule has 4 rings (SSSR count). The number of ether oxygens (including phenoxy) is 3. The summed E-state index contributed by atoms with van der Waals surface area (Å²) >= 11 is 0. The van der Waals surface area contributed by atoms with E-state index >= 15 is 0 Å². The lowest BCUT2D eigenvalue weighted by Crippen LogP contribution is -2.30. The molecule has 9 nitrogen and oxygen atoms in total. The van der Waals surface area contributed by atoms with Crippen LogP contribution >= 0.6 is 0 Å². The molecule has 2 heterocycles. The third-order valence-corrected chi connectivity index (χ3v) is 26.5. The first-order chi connectivity index (χ1) is 38.7. The van der Waals surface area contributed by atoms with E-state index in [1.54, 1.807) is 12.4 Å². The summed E-state index contributed by atoms with van der Waals surface area (Å²) in [7, 11) is -3.59. The van der Waals surface area contributed by atoms with Gasteiger partial charge in [0.1, 0.15) is 11.5 Å². The van der Waals surface area contributed by atoms with Crippen LogP contribution in [-0.2, 0) is 0 Å². The molecule has 0 bridgehead atoms. The monoisotopic (exact) mass is 1230 g/mol. The van der Waals surface area contributed by atoms with Crippen molar-refractivity contribution >= 4 is 32.3 Å². The Bertz CT molecular complexity index is 2080. The number of aromatic hydroxyl groups is 1. The van der Waals surface area contributed by atoms with E-state index in [4.69, 9.17) is 19.3 Å². The first kappa shape index (κ1) is 82.7. The van der Waals surface area contributed by atoms with Gasteiger partial charge in [-0.3, -0.25) is 0 Å². The van der Waals surface area contributed by atoms with Crippen molar-refractivity contribution in [3.63, 3.8) is 0 Å². The molecule has 0 amide bonds. The van der Waals surface area contributed by atoms with Gasteiger partial charge in [0.25, 0.3) is 0 Å². The third kappa shape index (κ3) is 45.9. The summed E-state index contributed by atoms with van der Waals surface area (Å²) in [5.74, 6) is 3.94. The highest BCUT2D eigenvalue weighted by atomic mass is 28.3. The van der Waals surface area contributed by atoms with Crippen LogP contribution in [-0.4, -0.2) is 88.9 Å². The van der Waals surface area contributed by atoms with Crippen LogP contribution in [0, 0.1) is 0 Å². The molecule has 2 N–H and O–H groups in total. The molecule has 84 heavy (non-hydrogen) atoms. The lowest BCUT2D eigenvalue weighted by atomic mass is 10.1. The first-order valence-electron chi connectivity index (χ1n) is 32.8. The lowest BCUT2D eigenvalue weighted by Gasteiger charge is -2.26. The number of rotatable bonds is 44. The lowest BCUT2D eigenvalue weighted by molar-refractivity contribution is 0.283. The summed E-state index contributed by atoms with van der Waals surface area (Å²) in [4.78, 5) is 17.2. The van der Waals surface area contributed by atoms with E-state index in [-0.39, 0.29) is 28.0 Å². The second-order valence-corrected chi connectivity index (χ2v) is 49.2. The van der Waals surface area contributed by atoms with Crippen molar-refractivity contribution in [3.05, 3.63) is 73.3 Å². The van der Waals surface area contributed by atoms with Gasteiger partial charge < -0.3 is 24.4 Å². The van der Waals surface area contributed by atoms with Gasteiger partial charge >= 0.3 is 0 Å². The Morgan fingerprint density at radius 2 is 0.619 bits per heavy atom. The van der Waals surface area contributed by atoms with Crippen molar-refractivity contribution in [1.29, 1.82) is 0 Å². The molecule has 2 aromatic heterocycles. The smallest absolute Gasteiger partial charge is 0.159 e. The van der Waals surface area contributed by atoms with Crippen LogP contribution in [0.2, 0.25) is 102 Å². The number of hydrogen-bond acceptors (Lipinski definition) is 9. The number of benzene rings is 2. The first-order valence-corrected chi connectivity index (χ1v) is 47.0. The maximum absolute atomic E-state index is 9.22. The maximum atomic E-state index is 9.22. The van der Waals surface area contributed by atoms with E-state index in [1.165, 1.54) is 190 Å². The zero-order valence-electron chi connectivity index (χ0n) is 54.3. The molecule has 13 heteroatoms. The fourth-order valence-corrected chi connectivity index (χ4v) is 23.9. The molecular formula is C71H134N4O5Si4. The van der Waals surface area contributed by atoms with Gasteiger partial charge in [-0.15, -0.1) is 0 Å². The van der Waals surface area contributed by atoms with E-state index in [2.05, 4.69) is 99.3 Å². The Morgan fingerprint density at radius 1 is 0.333 bits per heavy atom. The van der Waals surface area contributed by atoms with E-state index in [1.807, 2.05) is 48.5 Å². The van der Waals surface area contributed by atoms with E-state index in [0.717, 1.165) is 79.7 Å². The van der Waals surface area contributed by atoms with Crippen LogP contribution in [0.1, 0.15) is 203 Å². The van der Waals surface area contributed by atoms with Crippen molar-refractivity contribution in [3.8, 4) is 45.8 Å². The maximum Gasteiger partial charge on any atom is 0.159 e. The molecule has 0 atom stereocenters. The summed E-state index contributed by atoms with van der Waals surface area (Å²) in [5.41, 5.74) is 1.91. The van der Waals surface area contributed by atoms with Gasteiger partial charge in [0, 0.05) is 50.0 Å². The number of nitrogens with zero attached hydrogens (tertiary/aromatic N) is 4. The SMILES string of the molecule is C.C.C.CCCCCCCCCCOc1ccc(-c2ncc(O)cn2)cc1.CCCCCCCCCCOc1ccc(-c2ncc(OCCCCCCCC[Si](C)(C)CC[Si](C)(C)C)cn2)cc1.C[Si](C)(C)CC[Si](C)(C)CCCCCCO. The van der Waals surface area contributed by atoms with Gasteiger partial charge in [-0.1, -0.05) is 279 Å². The van der Waals surface area contributed by atoms with Crippen LogP contribution < -0.4 is 14.2 Å². The predicted molar refractivity (Wildman–Crippen MR) is 382 cm³/mol. The van der Waals surface area contributed by atoms with Crippen molar-refractivity contribution < 1.29 is 24.4 Å². The summed E-state index contributed by atoms with van der Waals surface area (Å²) in [6.07, 6.45) is 40.1. The molecule has 0 saturated heterocycles. The van der Waals surface area contributed by atoms with E-state index < -0.39 is 32.3 Å². The van der Waals surface area contributed by atoms with Crippen LogP contribution in [0.5, 0.6) is 23.0 Å². The Morgan fingerprint density at radius 3 is 0.940 bits per heavy atom. The number of aliphatic hydroxyl groups excluding tert-OH is 1. The van der Waals surface area contributed by atoms with Crippen molar-refractivity contribution in [2.24, 2.45) is 0 Å². The second-order valence-electron chi connectivity index (χ2n) is 27.3. The molecule has 0 aliphatic rings. The van der Waals surface area contributed by atoms with Crippen molar-refractivity contribution in [1.82, 2.24) is 19.9 Å². The molecule has 2 aromatic carbocycles. The highest BCUT2D eigenvalue weighted by Gasteiger charge is 2.25. The molecular weight excluding hydrogens is 1100 g/mol. The minimum absolute atomic E-state index is 0. The van der Waals surface area contributed by atoms with Gasteiger partial charge in [0.2, 0.25) is 0 Å². The van der Waals surface area contributed by atoms with Gasteiger partial charge in [0.05, 0.1) is 44.6 Å². The Hall–Kier alpha value is -3.37. The van der Waals surface area contributed by atoms with Crippen LogP contribution in [0.4, 0.5) is 0 Å². The van der Waals surface area contributed by atoms with E-state index in [0.29, 0.717) is 12.4 Å². The largest absolute Gasteiger partial charge is 0.505 e. The highest BCUT2D eigenvalue weighted by molar-refractivity contribution is 6.82. The zero-order valence-corrected chi connectivity index (χ0v) is 58.3. The van der Waals surface area contributed by atoms with Gasteiger partial charge in [-0.25, -0.2) is 19.9 Å². The molecule has 484 valence electrons. The van der Waals surface area contributed by atoms with Crippen molar-refractivity contribution in [2.75, 3.05) is 26.4 Å². The topological polar surface area (TPSA) is 120 Å². The normalized spacial score (nSPS) is 11.4. The Balaban J connectivity index is 0. The van der Waals surface area contributed by atoms with Crippen LogP contribution in [0.3, 0.4) is 0 Å². The molecule has 0 fully saturated rings. The number of aromatic nitrogens is 4. The molecule has 0 aliphatic heterocycles. The highest BCUT2D eigenvalue weighted by Crippen LogP contribution is 2.28. The van der Waals surface area contributed by atoms with Gasteiger partial charge in [-0.2, -0.15) is 0 Å². The van der Waals surface area contributed by atoms with Crippen molar-refractivity contribution in [2.45, 2.75) is 305 Å². The molecule has 0 aliphatic carbocycles. The quantitative estimate of drug-likeness (QED) is 0.0329. The predicted octanol–water partition coefficient (Wildman–Crippen LogP) is 23.3. The molecule has 0 unspecified atom stereocenters. The van der Waals surface area contributed by atoms with Gasteiger partial charge in [0.15, 0.2) is 23.1 Å². The average molecular weight is 1240 g/mol. The molecule has 0 saturated carbocycles. The fraction of sp³-hybridized carbons (Fsp3) is 0.718. The summed E-state index contributed by atoms with van der Waals surface area (Å²) in [6.45, 7) is 32.5. The van der Waals surface area contributed by atoms with Gasteiger partial charge in [-0.05, 0) is 74.2 Å². The third-order valence-electron chi connectivity index (χ3n) is 15.4. The number of hydrogen-bond donors (Lipinski definition) is 2. The number of unbranched alkanes of at least 4 members (excludes halogenated alkanes) is 22. The Kier molecular flexibility index (Phi) is 48.8. The van der Waals surface area contributed by atoms with Crippen LogP contribution in [0.25, 0.3) is 22.8 Å². The average Bonchev–Trinajstić information content (AvgIpc) is 3.59. The summed E-state index contributed by atoms with van der Waals surface area (Å²) < 4.78 is 17.6. The molecule has 0 spiro atoms. The molecule has 4 aromatic rings. The van der Waals surface area contributed by atoms with E-state index in [9.17, 15) is 5.11 Å². The minimum atomic E-state index is -0.976. The Labute approximate surface area is 524 Å².